The van der Waals surface area contributed by atoms with Gasteiger partial charge in [0.05, 0.1) is 13.2 Å². The molecule has 2 heterocycles. The summed E-state index contributed by atoms with van der Waals surface area (Å²) >= 11 is 0. The minimum Gasteiger partial charge on any atom is -0.483 e. The van der Waals surface area contributed by atoms with Gasteiger partial charge in [-0.1, -0.05) is 6.92 Å². The molecular weight excluding hydrogens is 380 g/mol. The van der Waals surface area contributed by atoms with Gasteiger partial charge in [0.1, 0.15) is 0 Å². The first kappa shape index (κ1) is 27.2. The monoisotopic (exact) mass is 418 g/mol. The second-order valence-corrected chi connectivity index (χ2v) is 7.03. The number of methoxy groups -OCH3 is 1. The molecule has 0 aliphatic carbocycles. The molecule has 0 saturated carbocycles. The number of likely N-dealkylation sites (N-methyl/N-ethyl adjacent to an activating group) is 1. The molecule has 0 aromatic rings. The molecule has 1 atom stereocenters. The van der Waals surface area contributed by atoms with Crippen LogP contribution in [0, 0.1) is 5.92 Å². The molecule has 3 N–H and O–H groups in total. The predicted octanol–water partition coefficient (Wildman–Crippen LogP) is -0.500. The van der Waals surface area contributed by atoms with Crippen LogP contribution in [0.15, 0.2) is 0 Å². The number of amides is 1. The van der Waals surface area contributed by atoms with E-state index in [0.717, 1.165) is 65.5 Å². The summed E-state index contributed by atoms with van der Waals surface area (Å²) in [6.45, 7) is 12.4. The fraction of sp³-hybridized carbons (Fsp3) is 0.842. The smallest absolute Gasteiger partial charge is 0.290 e. The summed E-state index contributed by atoms with van der Waals surface area (Å²) in [7, 11) is 1.75. The number of likely N-dealkylation sites (tertiary alicyclic amines) is 1. The minimum absolute atomic E-state index is 0.184. The van der Waals surface area contributed by atoms with Gasteiger partial charge in [-0.3, -0.25) is 19.3 Å². The zero-order valence-corrected chi connectivity index (χ0v) is 17.8. The highest BCUT2D eigenvalue weighted by Crippen LogP contribution is 2.15. The highest BCUT2D eigenvalue weighted by Gasteiger charge is 2.21. The highest BCUT2D eigenvalue weighted by molar-refractivity contribution is 5.78. The van der Waals surface area contributed by atoms with Crippen molar-refractivity contribution in [2.24, 2.45) is 5.92 Å². The molecule has 2 aliphatic heterocycles. The number of hydrogen-bond acceptors (Lipinski definition) is 7. The molecule has 29 heavy (non-hydrogen) atoms. The number of nitrogens with one attached hydrogen (secondary N) is 1. The zero-order valence-electron chi connectivity index (χ0n) is 17.8. The van der Waals surface area contributed by atoms with Gasteiger partial charge in [-0.15, -0.1) is 0 Å². The maximum atomic E-state index is 12.2. The third kappa shape index (κ3) is 14.0. The lowest BCUT2D eigenvalue weighted by Gasteiger charge is -2.34. The van der Waals surface area contributed by atoms with Crippen LogP contribution in [0.3, 0.4) is 0 Å². The van der Waals surface area contributed by atoms with Crippen LogP contribution in [0.25, 0.3) is 0 Å². The van der Waals surface area contributed by atoms with Crippen LogP contribution in [0.5, 0.6) is 0 Å². The van der Waals surface area contributed by atoms with Crippen molar-refractivity contribution in [2.45, 2.75) is 19.8 Å². The van der Waals surface area contributed by atoms with E-state index in [1.165, 1.54) is 12.8 Å². The molecule has 0 spiro atoms. The van der Waals surface area contributed by atoms with Gasteiger partial charge in [-0.2, -0.15) is 0 Å². The van der Waals surface area contributed by atoms with Crippen LogP contribution in [0.4, 0.5) is 0 Å². The number of carbonyl (C=O) groups excluding carboxylic acids is 1. The van der Waals surface area contributed by atoms with Crippen LogP contribution < -0.4 is 5.32 Å². The molecule has 2 fully saturated rings. The van der Waals surface area contributed by atoms with Crippen LogP contribution in [0.1, 0.15) is 19.8 Å². The molecule has 170 valence electrons. The van der Waals surface area contributed by atoms with Crippen molar-refractivity contribution in [3.8, 4) is 0 Å². The number of rotatable bonds is 8. The van der Waals surface area contributed by atoms with E-state index in [1.807, 2.05) is 0 Å². The van der Waals surface area contributed by atoms with Crippen molar-refractivity contribution < 1.29 is 29.3 Å². The van der Waals surface area contributed by atoms with Gasteiger partial charge in [0.15, 0.2) is 0 Å². The summed E-state index contributed by atoms with van der Waals surface area (Å²) in [5.74, 6) is 0.769. The summed E-state index contributed by atoms with van der Waals surface area (Å²) in [6, 6.07) is 0. The van der Waals surface area contributed by atoms with E-state index in [0.29, 0.717) is 12.5 Å². The second-order valence-electron chi connectivity index (χ2n) is 7.03. The average molecular weight is 419 g/mol. The molecular formula is C19H38N4O6. The van der Waals surface area contributed by atoms with Gasteiger partial charge in [0.25, 0.3) is 12.9 Å². The Balaban J connectivity index is 0.00000116. The number of carboxylic acid groups (broad SMARTS) is 2. The lowest BCUT2D eigenvalue weighted by molar-refractivity contribution is -0.123. The lowest BCUT2D eigenvalue weighted by Crippen LogP contribution is -2.50. The van der Waals surface area contributed by atoms with Crippen molar-refractivity contribution >= 4 is 18.9 Å². The van der Waals surface area contributed by atoms with Gasteiger partial charge in [0, 0.05) is 52.9 Å². The van der Waals surface area contributed by atoms with E-state index in [-0.39, 0.29) is 18.9 Å². The van der Waals surface area contributed by atoms with E-state index in [4.69, 9.17) is 24.5 Å². The first-order chi connectivity index (χ1) is 14.0. The first-order valence-electron chi connectivity index (χ1n) is 10.1. The van der Waals surface area contributed by atoms with Gasteiger partial charge in [-0.05, 0) is 31.8 Å². The summed E-state index contributed by atoms with van der Waals surface area (Å²) in [4.78, 5) is 36.0. The number of ether oxygens (including phenoxy) is 1. The quantitative estimate of drug-likeness (QED) is 0.448. The zero-order chi connectivity index (χ0) is 21.9. The van der Waals surface area contributed by atoms with Gasteiger partial charge in [0.2, 0.25) is 5.91 Å². The fourth-order valence-electron chi connectivity index (χ4n) is 3.52. The third-order valence-electron chi connectivity index (χ3n) is 5.08. The third-order valence-corrected chi connectivity index (χ3v) is 5.08. The van der Waals surface area contributed by atoms with Crippen molar-refractivity contribution in [1.29, 1.82) is 0 Å². The van der Waals surface area contributed by atoms with Crippen molar-refractivity contribution in [2.75, 3.05) is 79.2 Å². The lowest BCUT2D eigenvalue weighted by atomic mass is 9.98. The van der Waals surface area contributed by atoms with E-state index >= 15 is 0 Å². The highest BCUT2D eigenvalue weighted by atomic mass is 16.5. The second kappa shape index (κ2) is 18.3. The molecule has 1 unspecified atom stereocenters. The van der Waals surface area contributed by atoms with Crippen molar-refractivity contribution in [3.05, 3.63) is 0 Å². The van der Waals surface area contributed by atoms with E-state index in [1.54, 1.807) is 7.11 Å². The fourth-order valence-corrected chi connectivity index (χ4v) is 3.52. The number of piperazine rings is 1. The Kier molecular flexibility index (Phi) is 17.2. The number of hydrogen-bond donors (Lipinski definition) is 3. The molecule has 10 heteroatoms. The standard InChI is InChI=1S/C17H34N4O2.2CH2O2/c1-3-19-7-9-21(10-8-19)15-17(22)18-13-16-5-4-6-20(14-16)11-12-23-2;2*2-1-3/h16H,3-15H2,1-2H3,(H,18,22);2*1H,(H,2,3). The van der Waals surface area contributed by atoms with Crippen LogP contribution in [-0.4, -0.2) is 123 Å². The van der Waals surface area contributed by atoms with Gasteiger partial charge >= 0.3 is 0 Å². The summed E-state index contributed by atoms with van der Waals surface area (Å²) in [6.07, 6.45) is 2.45. The Morgan fingerprint density at radius 2 is 1.66 bits per heavy atom. The van der Waals surface area contributed by atoms with Crippen LogP contribution in [0.2, 0.25) is 0 Å². The number of carbonyl (C=O) groups is 3. The summed E-state index contributed by atoms with van der Waals surface area (Å²) in [5.41, 5.74) is 0. The minimum atomic E-state index is -0.250. The maximum absolute atomic E-state index is 12.2. The van der Waals surface area contributed by atoms with E-state index in [9.17, 15) is 4.79 Å². The van der Waals surface area contributed by atoms with Crippen molar-refractivity contribution in [1.82, 2.24) is 20.0 Å². The molecule has 2 saturated heterocycles. The first-order valence-corrected chi connectivity index (χ1v) is 10.1. The molecule has 0 radical (unpaired) electrons. The molecule has 0 aromatic heterocycles. The maximum Gasteiger partial charge on any atom is 0.290 e. The Hall–Kier alpha value is -1.75. The Morgan fingerprint density at radius 3 is 2.21 bits per heavy atom. The molecule has 2 aliphatic rings. The Morgan fingerprint density at radius 1 is 1.07 bits per heavy atom. The van der Waals surface area contributed by atoms with Crippen LogP contribution in [-0.2, 0) is 19.1 Å². The van der Waals surface area contributed by atoms with E-state index in [2.05, 4.69) is 26.9 Å². The van der Waals surface area contributed by atoms with Crippen molar-refractivity contribution in [3.63, 3.8) is 0 Å². The Bertz CT molecular complexity index is 427. The van der Waals surface area contributed by atoms with Crippen LogP contribution >= 0.6 is 0 Å². The van der Waals surface area contributed by atoms with E-state index < -0.39 is 0 Å². The molecule has 0 aromatic carbocycles. The normalized spacial score (nSPS) is 20.4. The predicted molar refractivity (Wildman–Crippen MR) is 110 cm³/mol. The SMILES string of the molecule is CCN1CCN(CC(=O)NCC2CCCN(CCOC)C2)CC1.O=CO.O=CO. The molecule has 1 amide bonds. The largest absolute Gasteiger partial charge is 0.483 e. The average Bonchev–Trinajstić information content (AvgIpc) is 2.73. The summed E-state index contributed by atoms with van der Waals surface area (Å²) < 4.78 is 5.16. The van der Waals surface area contributed by atoms with Gasteiger partial charge in [-0.25, -0.2) is 0 Å². The molecule has 0 bridgehead atoms. The molecule has 2 rings (SSSR count). The topological polar surface area (TPSA) is 123 Å². The molecule has 10 nitrogen and oxygen atoms in total. The number of piperidine rings is 1. The van der Waals surface area contributed by atoms with Gasteiger partial charge < -0.3 is 30.1 Å². The number of nitrogens with zero attached hydrogens (tertiary/aromatic N) is 3. The summed E-state index contributed by atoms with van der Waals surface area (Å²) in [5, 5.41) is 16.9. The Labute approximate surface area is 173 Å².